The Morgan fingerprint density at radius 2 is 2.28 bits per heavy atom. The first-order chi connectivity index (χ1) is 8.60. The molecule has 1 aliphatic carbocycles. The number of nitro benzene ring substituents is 1. The Morgan fingerprint density at radius 3 is 2.83 bits per heavy atom. The minimum Gasteiger partial charge on any atom is -0.377 e. The number of anilines is 1. The molecule has 0 aromatic heterocycles. The van der Waals surface area contributed by atoms with Gasteiger partial charge in [0.1, 0.15) is 11.5 Å². The molecule has 1 aromatic carbocycles. The fourth-order valence-corrected chi connectivity index (χ4v) is 2.09. The van der Waals surface area contributed by atoms with Gasteiger partial charge in [-0.05, 0) is 24.8 Å². The fraction of sp³-hybridized carbons (Fsp3) is 0.538. The molecule has 1 atom stereocenters. The summed E-state index contributed by atoms with van der Waals surface area (Å²) in [6, 6.07) is 3.71. The van der Waals surface area contributed by atoms with E-state index in [0.717, 1.165) is 24.8 Å². The van der Waals surface area contributed by atoms with E-state index in [9.17, 15) is 14.5 Å². The molecule has 0 heterocycles. The molecular weight excluding hydrogens is 235 g/mol. The highest BCUT2D eigenvalue weighted by atomic mass is 19.1. The van der Waals surface area contributed by atoms with Crippen LogP contribution in [0.2, 0.25) is 0 Å². The van der Waals surface area contributed by atoms with E-state index in [1.165, 1.54) is 25.0 Å². The van der Waals surface area contributed by atoms with Crippen molar-refractivity contribution < 1.29 is 9.31 Å². The normalized spacial score (nSPS) is 16.3. The van der Waals surface area contributed by atoms with Crippen LogP contribution < -0.4 is 5.32 Å². The Bertz CT molecular complexity index is 447. The smallest absolute Gasteiger partial charge is 0.292 e. The lowest BCUT2D eigenvalue weighted by Gasteiger charge is -2.17. The van der Waals surface area contributed by atoms with Gasteiger partial charge in [0.2, 0.25) is 0 Å². The van der Waals surface area contributed by atoms with Crippen molar-refractivity contribution in [2.45, 2.75) is 38.6 Å². The molecule has 1 fully saturated rings. The predicted molar refractivity (Wildman–Crippen MR) is 68.1 cm³/mol. The Labute approximate surface area is 105 Å². The highest BCUT2D eigenvalue weighted by Gasteiger charge is 2.26. The van der Waals surface area contributed by atoms with E-state index >= 15 is 0 Å². The summed E-state index contributed by atoms with van der Waals surface area (Å²) in [5, 5.41) is 14.0. The summed E-state index contributed by atoms with van der Waals surface area (Å²) in [7, 11) is 0. The third-order valence-electron chi connectivity index (χ3n) is 3.32. The lowest BCUT2D eigenvalue weighted by Crippen LogP contribution is -2.19. The van der Waals surface area contributed by atoms with Crippen molar-refractivity contribution in [2.24, 2.45) is 5.92 Å². The Balaban J connectivity index is 2.14. The van der Waals surface area contributed by atoms with Crippen LogP contribution in [0.4, 0.5) is 15.8 Å². The summed E-state index contributed by atoms with van der Waals surface area (Å²) in [6.07, 6.45) is 4.36. The molecule has 0 bridgehead atoms. The van der Waals surface area contributed by atoms with Gasteiger partial charge in [0, 0.05) is 18.2 Å². The molecule has 1 N–H and O–H groups in total. The largest absolute Gasteiger partial charge is 0.377 e. The Hall–Kier alpha value is -1.65. The molecule has 5 heteroatoms. The lowest BCUT2D eigenvalue weighted by atomic mass is 10.1. The van der Waals surface area contributed by atoms with E-state index in [-0.39, 0.29) is 17.4 Å². The van der Waals surface area contributed by atoms with Crippen molar-refractivity contribution >= 4 is 11.4 Å². The number of halogens is 1. The van der Waals surface area contributed by atoms with Crippen LogP contribution in [0.25, 0.3) is 0 Å². The molecule has 1 aromatic rings. The first kappa shape index (κ1) is 12.8. The molecule has 18 heavy (non-hydrogen) atoms. The summed E-state index contributed by atoms with van der Waals surface area (Å²) < 4.78 is 13.2. The molecule has 1 aliphatic rings. The number of nitrogens with zero attached hydrogens (tertiary/aromatic N) is 1. The molecule has 98 valence electrons. The van der Waals surface area contributed by atoms with E-state index in [0.29, 0.717) is 0 Å². The monoisotopic (exact) mass is 252 g/mol. The molecule has 0 amide bonds. The number of rotatable bonds is 6. The highest BCUT2D eigenvalue weighted by molar-refractivity contribution is 5.61. The molecule has 2 rings (SSSR count). The number of benzene rings is 1. The van der Waals surface area contributed by atoms with E-state index in [2.05, 4.69) is 5.32 Å². The number of nitrogens with one attached hydrogen (secondary N) is 1. The minimum atomic E-state index is -0.481. The summed E-state index contributed by atoms with van der Waals surface area (Å²) in [5.41, 5.74) is 0.221. The van der Waals surface area contributed by atoms with Crippen LogP contribution >= 0.6 is 0 Å². The lowest BCUT2D eigenvalue weighted by molar-refractivity contribution is -0.384. The topological polar surface area (TPSA) is 55.2 Å². The van der Waals surface area contributed by atoms with Crippen LogP contribution in [0.5, 0.6) is 0 Å². The molecule has 1 saturated carbocycles. The molecule has 4 nitrogen and oxygen atoms in total. The zero-order valence-corrected chi connectivity index (χ0v) is 10.4. The predicted octanol–water partition coefficient (Wildman–Crippen LogP) is 3.72. The number of hydrogen-bond acceptors (Lipinski definition) is 3. The van der Waals surface area contributed by atoms with Crippen molar-refractivity contribution in [1.82, 2.24) is 0 Å². The Kier molecular flexibility index (Phi) is 3.79. The fourth-order valence-electron chi connectivity index (χ4n) is 2.09. The van der Waals surface area contributed by atoms with E-state index < -0.39 is 10.7 Å². The summed E-state index contributed by atoms with van der Waals surface area (Å²) in [6.45, 7) is 2.03. The van der Waals surface area contributed by atoms with E-state index in [4.69, 9.17) is 0 Å². The Morgan fingerprint density at radius 1 is 1.56 bits per heavy atom. The quantitative estimate of drug-likeness (QED) is 0.620. The standard InChI is InChI=1S/C13H17FN2O2/c1-2-11(7-9-3-4-9)15-12-8-10(14)5-6-13(12)16(17)18/h5-6,8-9,11,15H,2-4,7H2,1H3. The number of nitro groups is 1. The zero-order valence-electron chi connectivity index (χ0n) is 10.4. The first-order valence-electron chi connectivity index (χ1n) is 6.30. The van der Waals surface area contributed by atoms with Gasteiger partial charge in [-0.2, -0.15) is 0 Å². The van der Waals surface area contributed by atoms with Crippen molar-refractivity contribution in [2.75, 3.05) is 5.32 Å². The zero-order chi connectivity index (χ0) is 13.1. The summed E-state index contributed by atoms with van der Waals surface area (Å²) in [4.78, 5) is 10.4. The van der Waals surface area contributed by atoms with Gasteiger partial charge >= 0.3 is 0 Å². The van der Waals surface area contributed by atoms with Gasteiger partial charge in [0.25, 0.3) is 5.69 Å². The second kappa shape index (κ2) is 5.33. The van der Waals surface area contributed by atoms with Crippen LogP contribution in [-0.2, 0) is 0 Å². The van der Waals surface area contributed by atoms with Crippen LogP contribution in [0.15, 0.2) is 18.2 Å². The minimum absolute atomic E-state index is 0.0642. The maximum atomic E-state index is 13.2. The average molecular weight is 252 g/mol. The summed E-state index contributed by atoms with van der Waals surface area (Å²) in [5.74, 6) is 0.277. The van der Waals surface area contributed by atoms with Crippen LogP contribution in [0.1, 0.15) is 32.6 Å². The van der Waals surface area contributed by atoms with Gasteiger partial charge in [-0.25, -0.2) is 4.39 Å². The molecule has 0 saturated heterocycles. The van der Waals surface area contributed by atoms with Crippen LogP contribution in [0, 0.1) is 21.8 Å². The molecule has 1 unspecified atom stereocenters. The van der Waals surface area contributed by atoms with Crippen molar-refractivity contribution in [3.05, 3.63) is 34.1 Å². The van der Waals surface area contributed by atoms with Gasteiger partial charge in [-0.1, -0.05) is 19.8 Å². The van der Waals surface area contributed by atoms with Gasteiger partial charge < -0.3 is 5.32 Å². The average Bonchev–Trinajstić information content (AvgIpc) is 3.11. The van der Waals surface area contributed by atoms with Crippen molar-refractivity contribution in [1.29, 1.82) is 0 Å². The van der Waals surface area contributed by atoms with Crippen molar-refractivity contribution in [3.8, 4) is 0 Å². The maximum absolute atomic E-state index is 13.2. The maximum Gasteiger partial charge on any atom is 0.292 e. The molecule has 0 spiro atoms. The molecule has 0 aliphatic heterocycles. The number of hydrogen-bond donors (Lipinski definition) is 1. The highest BCUT2D eigenvalue weighted by Crippen LogP contribution is 2.35. The summed E-state index contributed by atoms with van der Waals surface area (Å²) >= 11 is 0. The van der Waals surface area contributed by atoms with Gasteiger partial charge in [0.15, 0.2) is 0 Å². The third kappa shape index (κ3) is 3.18. The van der Waals surface area contributed by atoms with Gasteiger partial charge in [-0.15, -0.1) is 0 Å². The van der Waals surface area contributed by atoms with E-state index in [1.807, 2.05) is 6.92 Å². The third-order valence-corrected chi connectivity index (χ3v) is 3.32. The first-order valence-corrected chi connectivity index (χ1v) is 6.30. The second-order valence-corrected chi connectivity index (χ2v) is 4.85. The SMILES string of the molecule is CCC(CC1CC1)Nc1cc(F)ccc1[N+](=O)[O-]. The second-order valence-electron chi connectivity index (χ2n) is 4.85. The van der Waals surface area contributed by atoms with Crippen molar-refractivity contribution in [3.63, 3.8) is 0 Å². The van der Waals surface area contributed by atoms with Crippen LogP contribution in [-0.4, -0.2) is 11.0 Å². The van der Waals surface area contributed by atoms with Crippen LogP contribution in [0.3, 0.4) is 0 Å². The van der Waals surface area contributed by atoms with Gasteiger partial charge in [0.05, 0.1) is 4.92 Å². The van der Waals surface area contributed by atoms with Gasteiger partial charge in [-0.3, -0.25) is 10.1 Å². The van der Waals surface area contributed by atoms with E-state index in [1.54, 1.807) is 0 Å². The molecule has 0 radical (unpaired) electrons. The molecular formula is C13H17FN2O2.